The van der Waals surface area contributed by atoms with Gasteiger partial charge in [-0.15, -0.1) is 0 Å². The van der Waals surface area contributed by atoms with Crippen molar-refractivity contribution in [2.75, 3.05) is 13.2 Å². The van der Waals surface area contributed by atoms with Crippen molar-refractivity contribution in [1.29, 1.82) is 0 Å². The molecule has 0 saturated carbocycles. The Morgan fingerprint density at radius 2 is 1.72 bits per heavy atom. The number of ketones is 1. The van der Waals surface area contributed by atoms with Gasteiger partial charge in [-0.05, 0) is 69.2 Å². The second-order valence-corrected chi connectivity index (χ2v) is 8.84. The third-order valence-electron chi connectivity index (χ3n) is 5.92. The van der Waals surface area contributed by atoms with Gasteiger partial charge in [-0.1, -0.05) is 12.1 Å². The zero-order valence-corrected chi connectivity index (χ0v) is 20.8. The van der Waals surface area contributed by atoms with E-state index in [4.69, 9.17) is 9.47 Å². The molecular formula is C28H31N3O5. The first-order chi connectivity index (χ1) is 17.4. The van der Waals surface area contributed by atoms with Crippen molar-refractivity contribution >= 4 is 17.4 Å². The molecule has 1 saturated heterocycles. The monoisotopic (exact) mass is 489 g/mol. The van der Waals surface area contributed by atoms with Crippen molar-refractivity contribution in [3.8, 4) is 11.5 Å². The van der Waals surface area contributed by atoms with Crippen LogP contribution in [-0.4, -0.2) is 50.5 Å². The summed E-state index contributed by atoms with van der Waals surface area (Å²) in [4.78, 5) is 31.9. The van der Waals surface area contributed by atoms with E-state index >= 15 is 0 Å². The summed E-state index contributed by atoms with van der Waals surface area (Å²) >= 11 is 0. The molecule has 1 aliphatic heterocycles. The molecule has 0 unspecified atom stereocenters. The van der Waals surface area contributed by atoms with Crippen molar-refractivity contribution in [2.45, 2.75) is 45.9 Å². The molecule has 36 heavy (non-hydrogen) atoms. The first kappa shape index (κ1) is 25.0. The predicted octanol–water partition coefficient (Wildman–Crippen LogP) is 4.58. The Morgan fingerprint density at radius 3 is 2.33 bits per heavy atom. The number of aliphatic hydroxyl groups excluding tert-OH is 1. The third kappa shape index (κ3) is 5.43. The molecule has 1 aliphatic rings. The van der Waals surface area contributed by atoms with Gasteiger partial charge in [0.05, 0.1) is 30.7 Å². The molecule has 2 aromatic carbocycles. The van der Waals surface area contributed by atoms with E-state index in [1.807, 2.05) is 55.8 Å². The average molecular weight is 490 g/mol. The zero-order valence-electron chi connectivity index (χ0n) is 20.8. The van der Waals surface area contributed by atoms with E-state index in [1.165, 1.54) is 4.90 Å². The van der Waals surface area contributed by atoms with Gasteiger partial charge in [-0.2, -0.15) is 0 Å². The number of aliphatic hydroxyl groups is 1. The molecule has 0 radical (unpaired) electrons. The number of carbonyl (C=O) groups is 2. The van der Waals surface area contributed by atoms with Gasteiger partial charge < -0.3 is 24.0 Å². The Labute approximate surface area is 210 Å². The molecule has 1 N–H and O–H groups in total. The third-order valence-corrected chi connectivity index (χ3v) is 5.92. The highest BCUT2D eigenvalue weighted by atomic mass is 16.5. The van der Waals surface area contributed by atoms with E-state index in [1.54, 1.807) is 36.8 Å². The molecule has 0 aliphatic carbocycles. The standard InChI is InChI=1S/C28H31N3O5/c1-4-35-22-10-8-21(9-11-22)26(32)24-25(20-6-12-23(13-7-20)36-19(2)3)31(28(34)27(24)33)16-5-15-30-17-14-29-18-30/h6-14,17-19,25,32H,4-5,15-16H2,1-3H3/t25-/m1/s1. The van der Waals surface area contributed by atoms with Gasteiger partial charge in [0, 0.05) is 31.0 Å². The number of carbonyl (C=O) groups excluding carboxylic acids is 2. The highest BCUT2D eigenvalue weighted by Gasteiger charge is 2.45. The van der Waals surface area contributed by atoms with E-state index < -0.39 is 17.7 Å². The number of ether oxygens (including phenoxy) is 2. The van der Waals surface area contributed by atoms with Gasteiger partial charge >= 0.3 is 0 Å². The molecule has 1 fully saturated rings. The second kappa shape index (κ2) is 11.1. The summed E-state index contributed by atoms with van der Waals surface area (Å²) < 4.78 is 13.2. The lowest BCUT2D eigenvalue weighted by atomic mass is 9.95. The maximum absolute atomic E-state index is 13.2. The maximum atomic E-state index is 13.2. The van der Waals surface area contributed by atoms with Gasteiger partial charge in [0.1, 0.15) is 17.3 Å². The van der Waals surface area contributed by atoms with Gasteiger partial charge in [0.25, 0.3) is 11.7 Å². The van der Waals surface area contributed by atoms with E-state index in [0.717, 1.165) is 5.56 Å². The molecule has 0 spiro atoms. The van der Waals surface area contributed by atoms with Crippen LogP contribution >= 0.6 is 0 Å². The Hall–Kier alpha value is -4.07. The number of nitrogens with zero attached hydrogens (tertiary/aromatic N) is 3. The fourth-order valence-electron chi connectivity index (χ4n) is 4.33. The Morgan fingerprint density at radius 1 is 1.03 bits per heavy atom. The SMILES string of the molecule is CCOc1ccc(C(O)=C2C(=O)C(=O)N(CCCn3ccnc3)[C@@H]2c2ccc(OC(C)C)cc2)cc1. The van der Waals surface area contributed by atoms with Crippen molar-refractivity contribution < 1.29 is 24.2 Å². The molecule has 8 heteroatoms. The normalized spacial score (nSPS) is 17.1. The van der Waals surface area contributed by atoms with Gasteiger partial charge in [-0.3, -0.25) is 9.59 Å². The van der Waals surface area contributed by atoms with E-state index in [-0.39, 0.29) is 17.4 Å². The topological polar surface area (TPSA) is 93.9 Å². The van der Waals surface area contributed by atoms with E-state index in [2.05, 4.69) is 4.98 Å². The minimum atomic E-state index is -0.715. The van der Waals surface area contributed by atoms with Crippen molar-refractivity contribution in [3.05, 3.63) is 84.0 Å². The molecule has 3 aromatic rings. The largest absolute Gasteiger partial charge is 0.507 e. The minimum Gasteiger partial charge on any atom is -0.507 e. The van der Waals surface area contributed by atoms with Crippen LogP contribution in [0.5, 0.6) is 11.5 Å². The van der Waals surface area contributed by atoms with E-state index in [9.17, 15) is 14.7 Å². The number of rotatable bonds is 10. The number of hydrogen-bond donors (Lipinski definition) is 1. The Bertz CT molecular complexity index is 1220. The number of likely N-dealkylation sites (tertiary alicyclic amines) is 1. The van der Waals surface area contributed by atoms with Crippen LogP contribution in [0.25, 0.3) is 5.76 Å². The summed E-state index contributed by atoms with van der Waals surface area (Å²) in [6, 6.07) is 13.4. The second-order valence-electron chi connectivity index (χ2n) is 8.84. The summed E-state index contributed by atoms with van der Waals surface area (Å²) in [7, 11) is 0. The van der Waals surface area contributed by atoms with Crippen molar-refractivity contribution in [2.24, 2.45) is 0 Å². The Kier molecular flexibility index (Phi) is 7.73. The van der Waals surface area contributed by atoms with Crippen LogP contribution in [0.3, 0.4) is 0 Å². The molecule has 1 atom stereocenters. The minimum absolute atomic E-state index is 0.0179. The highest BCUT2D eigenvalue weighted by molar-refractivity contribution is 6.46. The van der Waals surface area contributed by atoms with Crippen molar-refractivity contribution in [3.63, 3.8) is 0 Å². The lowest BCUT2D eigenvalue weighted by Crippen LogP contribution is -2.31. The lowest BCUT2D eigenvalue weighted by Gasteiger charge is -2.25. The number of Topliss-reactive ketones (excluding diaryl/α,β-unsaturated/α-hetero) is 1. The van der Waals surface area contributed by atoms with Crippen LogP contribution in [0.15, 0.2) is 72.8 Å². The number of aromatic nitrogens is 2. The van der Waals surface area contributed by atoms with Crippen LogP contribution in [0.4, 0.5) is 0 Å². The fourth-order valence-corrected chi connectivity index (χ4v) is 4.33. The smallest absolute Gasteiger partial charge is 0.295 e. The summed E-state index contributed by atoms with van der Waals surface area (Å²) in [6.45, 7) is 7.29. The molecule has 0 bridgehead atoms. The van der Waals surface area contributed by atoms with Crippen LogP contribution in [0.1, 0.15) is 44.4 Å². The lowest BCUT2D eigenvalue weighted by molar-refractivity contribution is -0.139. The number of hydrogen-bond acceptors (Lipinski definition) is 6. The number of benzene rings is 2. The number of amides is 1. The number of aryl methyl sites for hydroxylation is 1. The Balaban J connectivity index is 1.69. The van der Waals surface area contributed by atoms with Gasteiger partial charge in [-0.25, -0.2) is 4.98 Å². The molecule has 8 nitrogen and oxygen atoms in total. The summed E-state index contributed by atoms with van der Waals surface area (Å²) in [5, 5.41) is 11.2. The molecular weight excluding hydrogens is 458 g/mol. The average Bonchev–Trinajstić information content (AvgIpc) is 3.47. The van der Waals surface area contributed by atoms with Crippen LogP contribution < -0.4 is 9.47 Å². The van der Waals surface area contributed by atoms with Crippen LogP contribution in [0, 0.1) is 0 Å². The molecule has 1 amide bonds. The molecule has 1 aromatic heterocycles. The fraction of sp³-hybridized carbons (Fsp3) is 0.321. The van der Waals surface area contributed by atoms with Gasteiger partial charge in [0.15, 0.2) is 0 Å². The summed E-state index contributed by atoms with van der Waals surface area (Å²) in [5.41, 5.74) is 1.24. The van der Waals surface area contributed by atoms with Crippen LogP contribution in [0.2, 0.25) is 0 Å². The summed E-state index contributed by atoms with van der Waals surface area (Å²) in [6.07, 6.45) is 5.90. The first-order valence-electron chi connectivity index (χ1n) is 12.1. The highest BCUT2D eigenvalue weighted by Crippen LogP contribution is 2.40. The van der Waals surface area contributed by atoms with Gasteiger partial charge in [0.2, 0.25) is 0 Å². The first-order valence-corrected chi connectivity index (χ1v) is 12.1. The zero-order chi connectivity index (χ0) is 25.7. The molecule has 2 heterocycles. The predicted molar refractivity (Wildman–Crippen MR) is 136 cm³/mol. The van der Waals surface area contributed by atoms with E-state index in [0.29, 0.717) is 43.2 Å². The molecule has 4 rings (SSSR count). The number of imidazole rings is 1. The van der Waals surface area contributed by atoms with Crippen molar-refractivity contribution in [1.82, 2.24) is 14.5 Å². The maximum Gasteiger partial charge on any atom is 0.295 e. The summed E-state index contributed by atoms with van der Waals surface area (Å²) in [5.74, 6) is -0.179. The van der Waals surface area contributed by atoms with Crippen LogP contribution in [-0.2, 0) is 16.1 Å². The molecule has 188 valence electrons. The quantitative estimate of drug-likeness (QED) is 0.255.